The second-order valence-corrected chi connectivity index (χ2v) is 6.06. The number of fused-ring (bicyclic) bond motifs is 1. The van der Waals surface area contributed by atoms with Crippen molar-refractivity contribution in [3.05, 3.63) is 90.1 Å². The minimum atomic E-state index is -0.623. The molecule has 0 bridgehead atoms. The zero-order valence-electron chi connectivity index (χ0n) is 14.4. The average molecular weight is 356 g/mol. The fourth-order valence-corrected chi connectivity index (χ4v) is 2.88. The van der Waals surface area contributed by atoms with E-state index in [0.717, 1.165) is 16.6 Å². The molecule has 0 radical (unpaired) electrons. The van der Waals surface area contributed by atoms with Gasteiger partial charge in [0.2, 0.25) is 0 Å². The van der Waals surface area contributed by atoms with Gasteiger partial charge in [0.05, 0.1) is 5.52 Å². The van der Waals surface area contributed by atoms with Gasteiger partial charge in [0.25, 0.3) is 0 Å². The van der Waals surface area contributed by atoms with Crippen LogP contribution in [0.25, 0.3) is 22.0 Å². The van der Waals surface area contributed by atoms with Crippen LogP contribution in [0, 0.1) is 0 Å². The maximum Gasteiger partial charge on any atom is 0.359 e. The van der Waals surface area contributed by atoms with Crippen LogP contribution < -0.4 is 0 Å². The SMILES string of the molecule is O=C(COC(=O)c1n[nH]c2ccccc12)c1ccc(-c2ccccc2)cc1. The number of nitrogens with one attached hydrogen (secondary N) is 1. The van der Waals surface area contributed by atoms with E-state index in [2.05, 4.69) is 10.2 Å². The van der Waals surface area contributed by atoms with E-state index in [-0.39, 0.29) is 18.1 Å². The minimum absolute atomic E-state index is 0.179. The molecule has 0 fully saturated rings. The molecule has 0 aliphatic carbocycles. The van der Waals surface area contributed by atoms with Crippen molar-refractivity contribution in [1.29, 1.82) is 0 Å². The van der Waals surface area contributed by atoms with Crippen molar-refractivity contribution >= 4 is 22.7 Å². The Bertz CT molecular complexity index is 1100. The summed E-state index contributed by atoms with van der Waals surface area (Å²) in [7, 11) is 0. The maximum absolute atomic E-state index is 12.3. The second kappa shape index (κ2) is 7.25. The Labute approximate surface area is 155 Å². The lowest BCUT2D eigenvalue weighted by Crippen LogP contribution is -2.14. The summed E-state index contributed by atoms with van der Waals surface area (Å²) in [4.78, 5) is 24.6. The first kappa shape index (κ1) is 16.7. The van der Waals surface area contributed by atoms with Gasteiger partial charge in [-0.25, -0.2) is 4.79 Å². The van der Waals surface area contributed by atoms with Gasteiger partial charge in [-0.2, -0.15) is 5.10 Å². The van der Waals surface area contributed by atoms with E-state index in [9.17, 15) is 9.59 Å². The second-order valence-electron chi connectivity index (χ2n) is 6.06. The van der Waals surface area contributed by atoms with Crippen LogP contribution in [-0.4, -0.2) is 28.6 Å². The Morgan fingerprint density at radius 1 is 0.815 bits per heavy atom. The number of aromatic nitrogens is 2. The lowest BCUT2D eigenvalue weighted by Gasteiger charge is -2.05. The van der Waals surface area contributed by atoms with Crippen LogP contribution in [0.5, 0.6) is 0 Å². The smallest absolute Gasteiger partial charge is 0.359 e. The molecule has 27 heavy (non-hydrogen) atoms. The summed E-state index contributed by atoms with van der Waals surface area (Å²) in [6, 6.07) is 24.4. The highest BCUT2D eigenvalue weighted by molar-refractivity contribution is 6.04. The molecule has 0 unspecified atom stereocenters. The zero-order valence-corrected chi connectivity index (χ0v) is 14.4. The number of carbonyl (C=O) groups excluding carboxylic acids is 2. The molecular weight excluding hydrogens is 340 g/mol. The summed E-state index contributed by atoms with van der Waals surface area (Å²) in [6.07, 6.45) is 0. The number of esters is 1. The van der Waals surface area contributed by atoms with Crippen molar-refractivity contribution in [3.63, 3.8) is 0 Å². The predicted octanol–water partition coefficient (Wildman–Crippen LogP) is 4.27. The summed E-state index contributed by atoms with van der Waals surface area (Å²) < 4.78 is 5.15. The van der Waals surface area contributed by atoms with Crippen molar-refractivity contribution in [3.8, 4) is 11.1 Å². The van der Waals surface area contributed by atoms with Crippen molar-refractivity contribution < 1.29 is 14.3 Å². The molecule has 4 rings (SSSR count). The Hall–Kier alpha value is -3.73. The van der Waals surface area contributed by atoms with Gasteiger partial charge in [0.15, 0.2) is 18.1 Å². The standard InChI is InChI=1S/C22H16N2O3/c25-20(17-12-10-16(11-13-17)15-6-2-1-3-7-15)14-27-22(26)21-18-8-4-5-9-19(18)23-24-21/h1-13H,14H2,(H,23,24). The van der Waals surface area contributed by atoms with Gasteiger partial charge in [0, 0.05) is 10.9 Å². The van der Waals surface area contributed by atoms with Gasteiger partial charge >= 0.3 is 5.97 Å². The summed E-state index contributed by atoms with van der Waals surface area (Å²) in [5.74, 6) is -0.885. The number of hydrogen-bond acceptors (Lipinski definition) is 4. The molecule has 132 valence electrons. The highest BCUT2D eigenvalue weighted by Gasteiger charge is 2.17. The molecule has 0 atom stereocenters. The fourth-order valence-electron chi connectivity index (χ4n) is 2.88. The first-order valence-electron chi connectivity index (χ1n) is 8.51. The molecule has 0 saturated heterocycles. The molecule has 0 spiro atoms. The number of carbonyl (C=O) groups is 2. The topological polar surface area (TPSA) is 72.1 Å². The molecule has 0 aliphatic rings. The molecule has 1 heterocycles. The van der Waals surface area contributed by atoms with E-state index in [1.165, 1.54) is 0 Å². The highest BCUT2D eigenvalue weighted by Crippen LogP contribution is 2.20. The molecule has 3 aromatic carbocycles. The largest absolute Gasteiger partial charge is 0.452 e. The lowest BCUT2D eigenvalue weighted by molar-refractivity contribution is 0.0471. The van der Waals surface area contributed by atoms with E-state index < -0.39 is 5.97 Å². The third-order valence-electron chi connectivity index (χ3n) is 4.31. The number of Topliss-reactive ketones (excluding diaryl/α,β-unsaturated/α-hetero) is 1. The van der Waals surface area contributed by atoms with E-state index in [0.29, 0.717) is 10.9 Å². The van der Waals surface area contributed by atoms with Crippen molar-refractivity contribution in [1.82, 2.24) is 10.2 Å². The van der Waals surface area contributed by atoms with Crippen LogP contribution in [0.1, 0.15) is 20.8 Å². The number of ketones is 1. The van der Waals surface area contributed by atoms with E-state index >= 15 is 0 Å². The Kier molecular flexibility index (Phi) is 4.49. The number of benzene rings is 3. The van der Waals surface area contributed by atoms with Crippen LogP contribution in [0.2, 0.25) is 0 Å². The molecular formula is C22H16N2O3. The van der Waals surface area contributed by atoms with Crippen molar-refractivity contribution in [2.45, 2.75) is 0 Å². The third kappa shape index (κ3) is 3.48. The van der Waals surface area contributed by atoms with Crippen LogP contribution in [0.15, 0.2) is 78.9 Å². The van der Waals surface area contributed by atoms with Gasteiger partial charge in [-0.15, -0.1) is 0 Å². The number of rotatable bonds is 5. The monoisotopic (exact) mass is 356 g/mol. The molecule has 0 saturated carbocycles. The van der Waals surface area contributed by atoms with Gasteiger partial charge < -0.3 is 4.74 Å². The zero-order chi connectivity index (χ0) is 18.6. The summed E-state index contributed by atoms with van der Waals surface area (Å²) >= 11 is 0. The van der Waals surface area contributed by atoms with E-state index in [1.54, 1.807) is 18.2 Å². The Morgan fingerprint density at radius 2 is 1.48 bits per heavy atom. The Morgan fingerprint density at radius 3 is 2.26 bits per heavy atom. The lowest BCUT2D eigenvalue weighted by atomic mass is 10.0. The van der Waals surface area contributed by atoms with Crippen LogP contribution in [-0.2, 0) is 4.74 Å². The molecule has 1 aromatic heterocycles. The van der Waals surface area contributed by atoms with Gasteiger partial charge in [-0.1, -0.05) is 72.8 Å². The first-order chi connectivity index (χ1) is 13.2. The first-order valence-corrected chi connectivity index (χ1v) is 8.51. The molecule has 5 nitrogen and oxygen atoms in total. The van der Waals surface area contributed by atoms with E-state index in [1.807, 2.05) is 60.7 Å². The van der Waals surface area contributed by atoms with Crippen LogP contribution in [0.3, 0.4) is 0 Å². The summed E-state index contributed by atoms with van der Waals surface area (Å²) in [5, 5.41) is 7.42. The van der Waals surface area contributed by atoms with Crippen molar-refractivity contribution in [2.24, 2.45) is 0 Å². The van der Waals surface area contributed by atoms with Gasteiger partial charge in [-0.05, 0) is 17.2 Å². The molecule has 0 aliphatic heterocycles. The number of hydrogen-bond donors (Lipinski definition) is 1. The van der Waals surface area contributed by atoms with Crippen LogP contribution in [0.4, 0.5) is 0 Å². The molecule has 0 amide bonds. The third-order valence-corrected chi connectivity index (χ3v) is 4.31. The minimum Gasteiger partial charge on any atom is -0.452 e. The number of aromatic amines is 1. The quantitative estimate of drug-likeness (QED) is 0.428. The normalized spacial score (nSPS) is 10.7. The summed E-state index contributed by atoms with van der Waals surface area (Å²) in [5.41, 5.74) is 3.51. The summed E-state index contributed by atoms with van der Waals surface area (Å²) in [6.45, 7) is -0.329. The van der Waals surface area contributed by atoms with Crippen molar-refractivity contribution in [2.75, 3.05) is 6.61 Å². The molecule has 1 N–H and O–H groups in total. The number of nitrogens with zero attached hydrogens (tertiary/aromatic N) is 1. The van der Waals surface area contributed by atoms with Gasteiger partial charge in [-0.3, -0.25) is 9.89 Å². The fraction of sp³-hybridized carbons (Fsp3) is 0.0455. The highest BCUT2D eigenvalue weighted by atomic mass is 16.5. The molecule has 4 aromatic rings. The Balaban J connectivity index is 1.42. The number of ether oxygens (including phenoxy) is 1. The molecule has 5 heteroatoms. The van der Waals surface area contributed by atoms with Gasteiger partial charge in [0.1, 0.15) is 0 Å². The average Bonchev–Trinajstić information content (AvgIpc) is 3.17. The van der Waals surface area contributed by atoms with Crippen LogP contribution >= 0.6 is 0 Å². The maximum atomic E-state index is 12.3. The number of para-hydroxylation sites is 1. The predicted molar refractivity (Wildman–Crippen MR) is 103 cm³/mol. The van der Waals surface area contributed by atoms with E-state index in [4.69, 9.17) is 4.74 Å². The number of H-pyrrole nitrogens is 1.